The van der Waals surface area contributed by atoms with Gasteiger partial charge in [0.25, 0.3) is 0 Å². The summed E-state index contributed by atoms with van der Waals surface area (Å²) in [6, 6.07) is 0.483. The lowest BCUT2D eigenvalue weighted by Gasteiger charge is -1.96. The Labute approximate surface area is 80.9 Å². The summed E-state index contributed by atoms with van der Waals surface area (Å²) in [4.78, 5) is 11.9. The van der Waals surface area contributed by atoms with Crippen LogP contribution in [0.2, 0.25) is 0 Å². The normalized spacial score (nSPS) is 15.4. The quantitative estimate of drug-likeness (QED) is 0.731. The third-order valence-electron chi connectivity index (χ3n) is 2.09. The minimum atomic E-state index is -1.00. The lowest BCUT2D eigenvalue weighted by atomic mass is 10.3. The second-order valence-corrected chi connectivity index (χ2v) is 3.37. The average molecular weight is 196 g/mol. The van der Waals surface area contributed by atoms with E-state index in [4.69, 9.17) is 5.11 Å². The van der Waals surface area contributed by atoms with Crippen LogP contribution in [-0.2, 0) is 6.42 Å². The van der Waals surface area contributed by atoms with E-state index in [1.165, 1.54) is 0 Å². The van der Waals surface area contributed by atoms with Gasteiger partial charge in [0.1, 0.15) is 0 Å². The van der Waals surface area contributed by atoms with Crippen LogP contribution < -0.4 is 5.32 Å². The summed E-state index contributed by atoms with van der Waals surface area (Å²) in [6.45, 7) is 0.388. The Balaban J connectivity index is 1.80. The summed E-state index contributed by atoms with van der Waals surface area (Å²) in [5, 5.41) is 19.0. The van der Waals surface area contributed by atoms with Gasteiger partial charge in [0, 0.05) is 13.0 Å². The summed E-state index contributed by atoms with van der Waals surface area (Å²) in [5.74, 6) is 0. The molecular formula is C8H12N4O2. The Morgan fingerprint density at radius 2 is 2.50 bits per heavy atom. The second kappa shape index (κ2) is 3.65. The van der Waals surface area contributed by atoms with Gasteiger partial charge in [0.05, 0.1) is 17.9 Å². The fourth-order valence-corrected chi connectivity index (χ4v) is 1.20. The van der Waals surface area contributed by atoms with Crippen LogP contribution >= 0.6 is 0 Å². The highest BCUT2D eigenvalue weighted by molar-refractivity contribution is 5.64. The van der Waals surface area contributed by atoms with Crippen molar-refractivity contribution in [2.45, 2.75) is 25.3 Å². The number of amides is 1. The summed E-state index contributed by atoms with van der Waals surface area (Å²) < 4.78 is 0. The lowest BCUT2D eigenvalue weighted by Crippen LogP contribution is -2.23. The average Bonchev–Trinajstić information content (AvgIpc) is 2.87. The van der Waals surface area contributed by atoms with Crippen molar-refractivity contribution in [2.75, 3.05) is 6.54 Å². The van der Waals surface area contributed by atoms with Gasteiger partial charge >= 0.3 is 6.09 Å². The molecule has 0 aromatic carbocycles. The molecule has 0 unspecified atom stereocenters. The van der Waals surface area contributed by atoms with Gasteiger partial charge in [-0.2, -0.15) is 15.0 Å². The maximum Gasteiger partial charge on any atom is 0.404 e. The molecule has 6 nitrogen and oxygen atoms in total. The van der Waals surface area contributed by atoms with Crippen LogP contribution in [0.4, 0.5) is 4.79 Å². The molecule has 2 rings (SSSR count). The standard InChI is InChI=1S/C8H12N4O2/c13-8(14)9-4-3-6-5-10-12(11-6)7-1-2-7/h5,7,9H,1-4H2,(H,13,14). The first-order chi connectivity index (χ1) is 6.75. The Morgan fingerprint density at radius 3 is 3.14 bits per heavy atom. The molecule has 76 valence electrons. The van der Waals surface area contributed by atoms with Crippen molar-refractivity contribution < 1.29 is 9.90 Å². The van der Waals surface area contributed by atoms with Crippen molar-refractivity contribution in [1.82, 2.24) is 20.3 Å². The molecule has 1 amide bonds. The van der Waals surface area contributed by atoms with Crippen molar-refractivity contribution in [3.63, 3.8) is 0 Å². The fourth-order valence-electron chi connectivity index (χ4n) is 1.20. The molecule has 1 heterocycles. The number of nitrogens with zero attached hydrogens (tertiary/aromatic N) is 3. The molecule has 2 N–H and O–H groups in total. The molecule has 1 saturated carbocycles. The van der Waals surface area contributed by atoms with Gasteiger partial charge in [-0.25, -0.2) is 4.79 Å². The second-order valence-electron chi connectivity index (χ2n) is 3.37. The number of hydrogen-bond acceptors (Lipinski definition) is 3. The first-order valence-corrected chi connectivity index (χ1v) is 4.63. The predicted molar refractivity (Wildman–Crippen MR) is 48.0 cm³/mol. The molecule has 0 radical (unpaired) electrons. The highest BCUT2D eigenvalue weighted by Gasteiger charge is 2.25. The van der Waals surface area contributed by atoms with Gasteiger partial charge in [-0.15, -0.1) is 0 Å². The molecule has 0 saturated heterocycles. The van der Waals surface area contributed by atoms with Gasteiger partial charge in [0.2, 0.25) is 0 Å². The van der Waals surface area contributed by atoms with Crippen LogP contribution in [0.3, 0.4) is 0 Å². The van der Waals surface area contributed by atoms with E-state index in [0.29, 0.717) is 19.0 Å². The molecule has 1 aromatic heterocycles. The van der Waals surface area contributed by atoms with Gasteiger partial charge in [0.15, 0.2) is 0 Å². The molecule has 6 heteroatoms. The van der Waals surface area contributed by atoms with E-state index in [1.807, 2.05) is 0 Å². The molecule has 0 bridgehead atoms. The molecule has 1 fully saturated rings. The first-order valence-electron chi connectivity index (χ1n) is 4.63. The summed E-state index contributed by atoms with van der Waals surface area (Å²) in [7, 11) is 0. The van der Waals surface area contributed by atoms with Crippen molar-refractivity contribution in [1.29, 1.82) is 0 Å². The van der Waals surface area contributed by atoms with Crippen LogP contribution in [0.1, 0.15) is 24.6 Å². The zero-order valence-corrected chi connectivity index (χ0v) is 7.68. The molecule has 1 aliphatic carbocycles. The zero-order valence-electron chi connectivity index (χ0n) is 7.68. The van der Waals surface area contributed by atoms with E-state index in [0.717, 1.165) is 18.5 Å². The molecule has 1 aliphatic rings. The molecule has 14 heavy (non-hydrogen) atoms. The van der Waals surface area contributed by atoms with E-state index < -0.39 is 6.09 Å². The third kappa shape index (κ3) is 2.21. The Morgan fingerprint density at radius 1 is 1.71 bits per heavy atom. The van der Waals surface area contributed by atoms with E-state index in [-0.39, 0.29) is 0 Å². The van der Waals surface area contributed by atoms with Gasteiger partial charge in [-0.05, 0) is 12.8 Å². The minimum absolute atomic E-state index is 0.388. The smallest absolute Gasteiger partial charge is 0.404 e. The number of nitrogens with one attached hydrogen (secondary N) is 1. The number of carbonyl (C=O) groups is 1. The highest BCUT2D eigenvalue weighted by Crippen LogP contribution is 2.32. The molecule has 1 aromatic rings. The van der Waals surface area contributed by atoms with Crippen molar-refractivity contribution in [2.24, 2.45) is 0 Å². The van der Waals surface area contributed by atoms with E-state index in [2.05, 4.69) is 15.5 Å². The van der Waals surface area contributed by atoms with Crippen molar-refractivity contribution in [3.05, 3.63) is 11.9 Å². The lowest BCUT2D eigenvalue weighted by molar-refractivity contribution is 0.194. The van der Waals surface area contributed by atoms with Gasteiger partial charge < -0.3 is 10.4 Å². The van der Waals surface area contributed by atoms with E-state index >= 15 is 0 Å². The Kier molecular flexibility index (Phi) is 2.34. The molecule has 0 spiro atoms. The SMILES string of the molecule is O=C(O)NCCc1cnn(C2CC2)n1. The fraction of sp³-hybridized carbons (Fsp3) is 0.625. The molecule has 0 aliphatic heterocycles. The summed E-state index contributed by atoms with van der Waals surface area (Å²) in [6.07, 6.45) is 3.60. The summed E-state index contributed by atoms with van der Waals surface area (Å²) >= 11 is 0. The zero-order chi connectivity index (χ0) is 9.97. The van der Waals surface area contributed by atoms with Crippen LogP contribution in [-0.4, -0.2) is 32.7 Å². The number of rotatable bonds is 4. The van der Waals surface area contributed by atoms with E-state index in [9.17, 15) is 4.79 Å². The van der Waals surface area contributed by atoms with Crippen LogP contribution in [0.5, 0.6) is 0 Å². The van der Waals surface area contributed by atoms with Crippen LogP contribution in [0.25, 0.3) is 0 Å². The van der Waals surface area contributed by atoms with Gasteiger partial charge in [-0.1, -0.05) is 0 Å². The monoisotopic (exact) mass is 196 g/mol. The largest absolute Gasteiger partial charge is 0.465 e. The third-order valence-corrected chi connectivity index (χ3v) is 2.09. The maximum atomic E-state index is 10.2. The van der Waals surface area contributed by atoms with Gasteiger partial charge in [-0.3, -0.25) is 0 Å². The predicted octanol–water partition coefficient (Wildman–Crippen LogP) is 0.423. The van der Waals surface area contributed by atoms with E-state index in [1.54, 1.807) is 11.0 Å². The summed E-state index contributed by atoms with van der Waals surface area (Å²) in [5.41, 5.74) is 0.839. The topological polar surface area (TPSA) is 80.0 Å². The number of carboxylic acid groups (broad SMARTS) is 1. The molecule has 0 atom stereocenters. The molecular weight excluding hydrogens is 184 g/mol. The van der Waals surface area contributed by atoms with Crippen LogP contribution in [0, 0.1) is 0 Å². The van der Waals surface area contributed by atoms with Crippen LogP contribution in [0.15, 0.2) is 6.20 Å². The first kappa shape index (κ1) is 8.98. The number of hydrogen-bond donors (Lipinski definition) is 2. The maximum absolute atomic E-state index is 10.2. The Bertz CT molecular complexity index is 332. The van der Waals surface area contributed by atoms with Crippen molar-refractivity contribution in [3.8, 4) is 0 Å². The Hall–Kier alpha value is -1.59. The van der Waals surface area contributed by atoms with Crippen molar-refractivity contribution >= 4 is 6.09 Å². The minimum Gasteiger partial charge on any atom is -0.465 e. The highest BCUT2D eigenvalue weighted by atomic mass is 16.4. The number of aromatic nitrogens is 3.